The predicted molar refractivity (Wildman–Crippen MR) is 163 cm³/mol. The minimum atomic E-state index is -0.781. The van der Waals surface area contributed by atoms with Gasteiger partial charge in [0.15, 0.2) is 4.80 Å². The molecule has 0 aliphatic carbocycles. The molecule has 0 amide bonds. The smallest absolute Gasteiger partial charge is 0.338 e. The predicted octanol–water partition coefficient (Wildman–Crippen LogP) is 5.41. The van der Waals surface area contributed by atoms with E-state index < -0.39 is 16.9 Å². The summed E-state index contributed by atoms with van der Waals surface area (Å²) in [6.45, 7) is 3.68. The van der Waals surface area contributed by atoms with Crippen LogP contribution in [0.3, 0.4) is 0 Å². The fourth-order valence-corrected chi connectivity index (χ4v) is 6.08. The number of carbonyl (C=O) groups excluding carboxylic acids is 1. The number of hydrogen-bond acceptors (Lipinski definition) is 8. The summed E-state index contributed by atoms with van der Waals surface area (Å²) in [7, 11) is 0. The highest BCUT2D eigenvalue weighted by Gasteiger charge is 2.35. The first-order valence-electron chi connectivity index (χ1n) is 13.5. The standard InChI is InChI=1S/C33H25N3O6S/c1-3-41-32(38)28-29(21-10-6-4-7-11-21)34-33-35(30(28)22-12-8-5-9-13-22)31(37)27(43-33)19-23-15-17-26(42-23)24-16-14-20(2)18-25(24)36(39)40/h4-19,30H,3H2,1-2H3/b27-19-/t30-/m0/s1. The molecule has 0 bridgehead atoms. The number of carbonyl (C=O) groups is 1. The molecule has 0 radical (unpaired) electrons. The van der Waals surface area contributed by atoms with Crippen LogP contribution >= 0.6 is 11.3 Å². The van der Waals surface area contributed by atoms with Crippen LogP contribution < -0.4 is 14.9 Å². The average molecular weight is 592 g/mol. The Hall–Kier alpha value is -5.35. The van der Waals surface area contributed by atoms with E-state index in [4.69, 9.17) is 14.1 Å². The van der Waals surface area contributed by atoms with Gasteiger partial charge in [-0.25, -0.2) is 9.79 Å². The zero-order chi connectivity index (χ0) is 30.1. The fourth-order valence-electron chi connectivity index (χ4n) is 5.10. The van der Waals surface area contributed by atoms with Gasteiger partial charge in [-0.1, -0.05) is 78.1 Å². The minimum Gasteiger partial charge on any atom is -0.463 e. The van der Waals surface area contributed by atoms with Crippen LogP contribution in [0.4, 0.5) is 5.69 Å². The molecule has 1 atom stereocenters. The summed E-state index contributed by atoms with van der Waals surface area (Å²) in [5.41, 5.74) is 2.83. The molecule has 0 N–H and O–H groups in total. The van der Waals surface area contributed by atoms with E-state index in [1.165, 1.54) is 22.0 Å². The number of hydrogen-bond donors (Lipinski definition) is 0. The monoisotopic (exact) mass is 591 g/mol. The zero-order valence-corrected chi connectivity index (χ0v) is 24.0. The quantitative estimate of drug-likeness (QED) is 0.142. The Balaban J connectivity index is 1.54. The van der Waals surface area contributed by atoms with Crippen molar-refractivity contribution in [2.75, 3.05) is 6.61 Å². The second-order valence-electron chi connectivity index (χ2n) is 9.82. The van der Waals surface area contributed by atoms with Crippen molar-refractivity contribution >= 4 is 34.8 Å². The molecule has 3 aromatic carbocycles. The summed E-state index contributed by atoms with van der Waals surface area (Å²) in [5.74, 6) is 0.103. The third-order valence-corrected chi connectivity index (χ3v) is 7.99. The Labute approximate surface area is 249 Å². The van der Waals surface area contributed by atoms with E-state index in [1.807, 2.05) is 60.7 Å². The lowest BCUT2D eigenvalue weighted by Crippen LogP contribution is -2.39. The fraction of sp³-hybridized carbons (Fsp3) is 0.121. The summed E-state index contributed by atoms with van der Waals surface area (Å²) in [6.07, 6.45) is 1.59. The largest absolute Gasteiger partial charge is 0.463 e. The molecular weight excluding hydrogens is 566 g/mol. The van der Waals surface area contributed by atoms with E-state index in [2.05, 4.69) is 0 Å². The van der Waals surface area contributed by atoms with Crippen molar-refractivity contribution in [3.05, 3.63) is 149 Å². The van der Waals surface area contributed by atoms with Gasteiger partial charge >= 0.3 is 5.97 Å². The SMILES string of the molecule is CCOC(=O)C1=C(c2ccccc2)N=c2s/c(=C\c3ccc(-c4ccc(C)cc4[N+](=O)[O-])o3)c(=O)n2[C@H]1c1ccccc1. The van der Waals surface area contributed by atoms with Crippen LogP contribution in [0, 0.1) is 17.0 Å². The lowest BCUT2D eigenvalue weighted by Gasteiger charge is -2.25. The van der Waals surface area contributed by atoms with Gasteiger partial charge in [-0.05, 0) is 43.2 Å². The maximum atomic E-state index is 14.0. The van der Waals surface area contributed by atoms with Crippen LogP contribution in [0.15, 0.2) is 111 Å². The van der Waals surface area contributed by atoms with E-state index in [0.717, 1.165) is 16.7 Å². The normalized spacial score (nSPS) is 14.7. The molecule has 6 rings (SSSR count). The Bertz CT molecular complexity index is 2070. The molecule has 0 saturated heterocycles. The van der Waals surface area contributed by atoms with Crippen molar-refractivity contribution in [2.45, 2.75) is 19.9 Å². The van der Waals surface area contributed by atoms with Crippen molar-refractivity contribution in [1.29, 1.82) is 0 Å². The molecule has 9 nitrogen and oxygen atoms in total. The number of aryl methyl sites for hydroxylation is 1. The number of aromatic nitrogens is 1. The van der Waals surface area contributed by atoms with Gasteiger partial charge in [0.2, 0.25) is 0 Å². The van der Waals surface area contributed by atoms with Crippen molar-refractivity contribution in [3.8, 4) is 11.3 Å². The van der Waals surface area contributed by atoms with E-state index >= 15 is 0 Å². The summed E-state index contributed by atoms with van der Waals surface area (Å²) in [6, 6.07) is 26.1. The van der Waals surface area contributed by atoms with Gasteiger partial charge in [0, 0.05) is 17.7 Å². The summed E-state index contributed by atoms with van der Waals surface area (Å²) in [5, 5.41) is 11.7. The van der Waals surface area contributed by atoms with Crippen molar-refractivity contribution in [2.24, 2.45) is 4.99 Å². The van der Waals surface area contributed by atoms with Crippen LogP contribution in [0.1, 0.15) is 35.4 Å². The number of fused-ring (bicyclic) bond motifs is 1. The summed E-state index contributed by atoms with van der Waals surface area (Å²) in [4.78, 5) is 44.0. The Morgan fingerprint density at radius 1 is 1.07 bits per heavy atom. The van der Waals surface area contributed by atoms with Crippen LogP contribution in [-0.2, 0) is 9.53 Å². The second-order valence-corrected chi connectivity index (χ2v) is 10.8. The van der Waals surface area contributed by atoms with Crippen LogP contribution in [0.25, 0.3) is 23.1 Å². The third kappa shape index (κ3) is 5.24. The zero-order valence-electron chi connectivity index (χ0n) is 23.2. The van der Waals surface area contributed by atoms with Gasteiger partial charge < -0.3 is 9.15 Å². The third-order valence-electron chi connectivity index (χ3n) is 7.00. The van der Waals surface area contributed by atoms with Crippen molar-refractivity contribution in [1.82, 2.24) is 4.57 Å². The van der Waals surface area contributed by atoms with Crippen LogP contribution in [0.5, 0.6) is 0 Å². The first-order valence-corrected chi connectivity index (χ1v) is 14.4. The first-order chi connectivity index (χ1) is 20.9. The second kappa shape index (κ2) is 11.5. The lowest BCUT2D eigenvalue weighted by atomic mass is 9.93. The topological polar surface area (TPSA) is 117 Å². The van der Waals surface area contributed by atoms with Gasteiger partial charge in [0.1, 0.15) is 11.5 Å². The number of nitrogens with zero attached hydrogens (tertiary/aromatic N) is 3. The maximum absolute atomic E-state index is 14.0. The van der Waals surface area contributed by atoms with Gasteiger partial charge in [-0.2, -0.15) is 0 Å². The molecule has 0 fully saturated rings. The highest BCUT2D eigenvalue weighted by atomic mass is 32.1. The first kappa shape index (κ1) is 27.8. The highest BCUT2D eigenvalue weighted by molar-refractivity contribution is 7.07. The number of furan rings is 1. The van der Waals surface area contributed by atoms with E-state index in [1.54, 1.807) is 44.2 Å². The minimum absolute atomic E-state index is 0.0666. The molecule has 0 unspecified atom stereocenters. The summed E-state index contributed by atoms with van der Waals surface area (Å²) < 4.78 is 13.3. The molecule has 1 aliphatic heterocycles. The molecule has 214 valence electrons. The van der Waals surface area contributed by atoms with Gasteiger partial charge in [-0.3, -0.25) is 19.5 Å². The van der Waals surface area contributed by atoms with Gasteiger partial charge in [0.05, 0.1) is 38.9 Å². The van der Waals surface area contributed by atoms with Crippen molar-refractivity contribution in [3.63, 3.8) is 0 Å². The van der Waals surface area contributed by atoms with Gasteiger partial charge in [-0.15, -0.1) is 0 Å². The molecule has 3 heterocycles. The molecular formula is C33H25N3O6S. The molecule has 1 aliphatic rings. The Morgan fingerprint density at radius 3 is 2.49 bits per heavy atom. The maximum Gasteiger partial charge on any atom is 0.338 e. The number of benzene rings is 3. The number of nitro groups is 1. The Kier molecular flexibility index (Phi) is 7.43. The number of rotatable bonds is 7. The molecule has 0 saturated carbocycles. The number of thiazole rings is 1. The van der Waals surface area contributed by atoms with Crippen LogP contribution in [0.2, 0.25) is 0 Å². The summed E-state index contributed by atoms with van der Waals surface area (Å²) >= 11 is 1.17. The van der Waals surface area contributed by atoms with Crippen molar-refractivity contribution < 1.29 is 18.9 Å². The van der Waals surface area contributed by atoms with E-state index in [9.17, 15) is 19.7 Å². The van der Waals surface area contributed by atoms with Crippen LogP contribution in [-0.4, -0.2) is 22.1 Å². The number of nitro benzene ring substituents is 1. The molecule has 43 heavy (non-hydrogen) atoms. The van der Waals surface area contributed by atoms with E-state index in [0.29, 0.717) is 32.1 Å². The number of esters is 1. The molecule has 5 aromatic rings. The Morgan fingerprint density at radius 2 is 1.79 bits per heavy atom. The molecule has 0 spiro atoms. The number of ether oxygens (including phenoxy) is 1. The average Bonchev–Trinajstić information content (AvgIpc) is 3.61. The highest BCUT2D eigenvalue weighted by Crippen LogP contribution is 2.35. The molecule has 10 heteroatoms. The van der Waals surface area contributed by atoms with Gasteiger partial charge in [0.25, 0.3) is 11.2 Å². The molecule has 2 aromatic heterocycles. The van der Waals surface area contributed by atoms with E-state index in [-0.39, 0.29) is 23.4 Å². The lowest BCUT2D eigenvalue weighted by molar-refractivity contribution is -0.384.